The standard InChI is InChI=1S/C25H31N3O3/c1-18-3-4-21(25(30)27-22-9-10-22)17-23(18)19-5-7-20(8-6-19)24(29)26-11-2-12-28-13-15-31-16-14-28/h3-8,17,22H,2,9-16H2,1H3,(H,26,29)(H,27,30). The van der Waals surface area contributed by atoms with Gasteiger partial charge in [0.1, 0.15) is 0 Å². The third-order valence-corrected chi connectivity index (χ3v) is 5.91. The molecule has 164 valence electrons. The second kappa shape index (κ2) is 10.1. The van der Waals surface area contributed by atoms with Crippen molar-refractivity contribution in [3.63, 3.8) is 0 Å². The third-order valence-electron chi connectivity index (χ3n) is 5.91. The van der Waals surface area contributed by atoms with Crippen LogP contribution in [0.4, 0.5) is 0 Å². The Bertz CT molecular complexity index is 916. The summed E-state index contributed by atoms with van der Waals surface area (Å²) in [5.74, 6) is -0.0698. The zero-order valence-electron chi connectivity index (χ0n) is 18.2. The smallest absolute Gasteiger partial charge is 0.251 e. The number of ether oxygens (including phenoxy) is 1. The molecule has 1 saturated carbocycles. The Morgan fingerprint density at radius 3 is 2.42 bits per heavy atom. The maximum atomic E-state index is 12.5. The van der Waals surface area contributed by atoms with Gasteiger partial charge in [-0.3, -0.25) is 14.5 Å². The summed E-state index contributed by atoms with van der Waals surface area (Å²) in [7, 11) is 0. The monoisotopic (exact) mass is 421 g/mol. The van der Waals surface area contributed by atoms with Crippen molar-refractivity contribution < 1.29 is 14.3 Å². The number of amides is 2. The Balaban J connectivity index is 1.32. The fraction of sp³-hybridized carbons (Fsp3) is 0.440. The first-order valence-electron chi connectivity index (χ1n) is 11.2. The van der Waals surface area contributed by atoms with Crippen LogP contribution in [-0.4, -0.2) is 62.1 Å². The van der Waals surface area contributed by atoms with Gasteiger partial charge in [-0.25, -0.2) is 0 Å². The van der Waals surface area contributed by atoms with E-state index < -0.39 is 0 Å². The van der Waals surface area contributed by atoms with Crippen LogP contribution < -0.4 is 10.6 Å². The number of nitrogens with one attached hydrogen (secondary N) is 2. The Morgan fingerprint density at radius 2 is 1.71 bits per heavy atom. The van der Waals surface area contributed by atoms with E-state index in [2.05, 4.69) is 15.5 Å². The van der Waals surface area contributed by atoms with E-state index >= 15 is 0 Å². The highest BCUT2D eigenvalue weighted by atomic mass is 16.5. The molecule has 2 aromatic carbocycles. The summed E-state index contributed by atoms with van der Waals surface area (Å²) >= 11 is 0. The topological polar surface area (TPSA) is 70.7 Å². The lowest BCUT2D eigenvalue weighted by Gasteiger charge is -2.26. The van der Waals surface area contributed by atoms with Crippen LogP contribution in [-0.2, 0) is 4.74 Å². The molecule has 1 heterocycles. The van der Waals surface area contributed by atoms with Gasteiger partial charge in [-0.05, 0) is 73.7 Å². The average molecular weight is 422 g/mol. The molecule has 4 rings (SSSR count). The number of hydrogen-bond donors (Lipinski definition) is 2. The highest BCUT2D eigenvalue weighted by Crippen LogP contribution is 2.26. The van der Waals surface area contributed by atoms with Crippen LogP contribution >= 0.6 is 0 Å². The van der Waals surface area contributed by atoms with Crippen LogP contribution in [0, 0.1) is 6.92 Å². The zero-order valence-corrected chi connectivity index (χ0v) is 18.2. The Labute approximate surface area is 184 Å². The van der Waals surface area contributed by atoms with Gasteiger partial charge in [-0.1, -0.05) is 18.2 Å². The van der Waals surface area contributed by atoms with Crippen LogP contribution in [0.1, 0.15) is 45.5 Å². The second-order valence-corrected chi connectivity index (χ2v) is 8.42. The van der Waals surface area contributed by atoms with E-state index in [1.54, 1.807) is 0 Å². The van der Waals surface area contributed by atoms with E-state index in [9.17, 15) is 9.59 Å². The first-order valence-corrected chi connectivity index (χ1v) is 11.2. The van der Waals surface area contributed by atoms with Gasteiger partial charge in [0.25, 0.3) is 11.8 Å². The van der Waals surface area contributed by atoms with E-state index in [1.807, 2.05) is 49.4 Å². The number of carbonyl (C=O) groups excluding carboxylic acids is 2. The van der Waals surface area contributed by atoms with E-state index in [4.69, 9.17) is 4.74 Å². The maximum absolute atomic E-state index is 12.5. The van der Waals surface area contributed by atoms with Gasteiger partial charge in [-0.2, -0.15) is 0 Å². The van der Waals surface area contributed by atoms with Crippen molar-refractivity contribution in [2.24, 2.45) is 0 Å². The van der Waals surface area contributed by atoms with Crippen LogP contribution in [0.5, 0.6) is 0 Å². The summed E-state index contributed by atoms with van der Waals surface area (Å²) in [6, 6.07) is 13.7. The van der Waals surface area contributed by atoms with E-state index in [0.29, 0.717) is 23.7 Å². The molecule has 1 aliphatic heterocycles. The molecule has 2 N–H and O–H groups in total. The number of carbonyl (C=O) groups is 2. The molecule has 0 spiro atoms. The lowest BCUT2D eigenvalue weighted by molar-refractivity contribution is 0.0374. The normalized spacial score (nSPS) is 16.7. The molecule has 31 heavy (non-hydrogen) atoms. The minimum atomic E-state index is -0.0530. The minimum absolute atomic E-state index is 0.0168. The summed E-state index contributed by atoms with van der Waals surface area (Å²) in [5, 5.41) is 6.04. The average Bonchev–Trinajstić information content (AvgIpc) is 3.62. The van der Waals surface area contributed by atoms with Crippen LogP contribution in [0.15, 0.2) is 42.5 Å². The molecule has 0 radical (unpaired) electrons. The quantitative estimate of drug-likeness (QED) is 0.643. The van der Waals surface area contributed by atoms with Crippen molar-refractivity contribution in [3.8, 4) is 11.1 Å². The summed E-state index contributed by atoms with van der Waals surface area (Å²) in [6.07, 6.45) is 3.07. The van der Waals surface area contributed by atoms with Crippen LogP contribution in [0.25, 0.3) is 11.1 Å². The minimum Gasteiger partial charge on any atom is -0.379 e. The van der Waals surface area contributed by atoms with Gasteiger partial charge >= 0.3 is 0 Å². The van der Waals surface area contributed by atoms with Crippen LogP contribution in [0.3, 0.4) is 0 Å². The number of rotatable bonds is 8. The molecule has 0 aromatic heterocycles. The summed E-state index contributed by atoms with van der Waals surface area (Å²) in [5.41, 5.74) is 4.44. The fourth-order valence-electron chi connectivity index (χ4n) is 3.80. The molecular formula is C25H31N3O3. The number of benzene rings is 2. The molecular weight excluding hydrogens is 390 g/mol. The number of aryl methyl sites for hydroxylation is 1. The van der Waals surface area contributed by atoms with E-state index in [0.717, 1.165) is 68.8 Å². The lowest BCUT2D eigenvalue weighted by atomic mass is 9.97. The molecule has 0 bridgehead atoms. The number of hydrogen-bond acceptors (Lipinski definition) is 4. The largest absolute Gasteiger partial charge is 0.379 e. The highest BCUT2D eigenvalue weighted by Gasteiger charge is 2.24. The Kier molecular flexibility index (Phi) is 6.99. The van der Waals surface area contributed by atoms with Crippen molar-refractivity contribution in [2.45, 2.75) is 32.2 Å². The molecule has 0 atom stereocenters. The van der Waals surface area contributed by atoms with Gasteiger partial charge < -0.3 is 15.4 Å². The second-order valence-electron chi connectivity index (χ2n) is 8.42. The van der Waals surface area contributed by atoms with Gasteiger partial charge in [0.05, 0.1) is 13.2 Å². The van der Waals surface area contributed by atoms with Gasteiger partial charge in [-0.15, -0.1) is 0 Å². The van der Waals surface area contributed by atoms with Gasteiger partial charge in [0.15, 0.2) is 0 Å². The first-order chi connectivity index (χ1) is 15.1. The fourth-order valence-corrected chi connectivity index (χ4v) is 3.80. The van der Waals surface area contributed by atoms with Crippen molar-refractivity contribution in [1.82, 2.24) is 15.5 Å². The highest BCUT2D eigenvalue weighted by molar-refractivity contribution is 5.97. The van der Waals surface area contributed by atoms with Crippen LogP contribution in [0.2, 0.25) is 0 Å². The Hall–Kier alpha value is -2.70. The number of nitrogens with zero attached hydrogens (tertiary/aromatic N) is 1. The van der Waals surface area contributed by atoms with E-state index in [1.165, 1.54) is 0 Å². The molecule has 6 nitrogen and oxygen atoms in total. The predicted octanol–water partition coefficient (Wildman–Crippen LogP) is 3.01. The third kappa shape index (κ3) is 5.93. The maximum Gasteiger partial charge on any atom is 0.251 e. The van der Waals surface area contributed by atoms with Gasteiger partial charge in [0, 0.05) is 36.8 Å². The van der Waals surface area contributed by atoms with E-state index in [-0.39, 0.29) is 11.8 Å². The predicted molar refractivity (Wildman–Crippen MR) is 121 cm³/mol. The van der Waals surface area contributed by atoms with Crippen molar-refractivity contribution in [1.29, 1.82) is 0 Å². The van der Waals surface area contributed by atoms with Crippen molar-refractivity contribution in [2.75, 3.05) is 39.4 Å². The molecule has 1 saturated heterocycles. The summed E-state index contributed by atoms with van der Waals surface area (Å²) in [4.78, 5) is 27.2. The summed E-state index contributed by atoms with van der Waals surface area (Å²) < 4.78 is 5.36. The SMILES string of the molecule is Cc1ccc(C(=O)NC2CC2)cc1-c1ccc(C(=O)NCCCN2CCOCC2)cc1. The zero-order chi connectivity index (χ0) is 21.6. The molecule has 0 unspecified atom stereocenters. The lowest BCUT2D eigenvalue weighted by Crippen LogP contribution is -2.38. The molecule has 1 aliphatic carbocycles. The number of morpholine rings is 1. The molecule has 2 aliphatic rings. The first kappa shape index (κ1) is 21.5. The van der Waals surface area contributed by atoms with Crippen molar-refractivity contribution >= 4 is 11.8 Å². The molecule has 2 amide bonds. The Morgan fingerprint density at radius 1 is 1.00 bits per heavy atom. The van der Waals surface area contributed by atoms with Gasteiger partial charge in [0.2, 0.25) is 0 Å². The summed E-state index contributed by atoms with van der Waals surface area (Å²) in [6.45, 7) is 7.21. The molecule has 6 heteroatoms. The molecule has 2 aromatic rings. The van der Waals surface area contributed by atoms with Crippen molar-refractivity contribution in [3.05, 3.63) is 59.2 Å². The molecule has 2 fully saturated rings.